The van der Waals surface area contributed by atoms with E-state index in [1.165, 1.54) is 5.56 Å². The maximum absolute atomic E-state index is 5.81. The summed E-state index contributed by atoms with van der Waals surface area (Å²) in [4.78, 5) is 0. The summed E-state index contributed by atoms with van der Waals surface area (Å²) < 4.78 is 16.9. The molecule has 0 radical (unpaired) electrons. The molecular formula is C18H23NO3. The lowest BCUT2D eigenvalue weighted by molar-refractivity contribution is 0.209. The summed E-state index contributed by atoms with van der Waals surface area (Å²) in [5.41, 5.74) is 9.01. The third-order valence-corrected chi connectivity index (χ3v) is 3.42. The molecule has 4 heteroatoms. The number of nitrogens with two attached hydrogens (primary N) is 1. The smallest absolute Gasteiger partial charge is 0.165 e. The highest BCUT2D eigenvalue weighted by atomic mass is 16.5. The van der Waals surface area contributed by atoms with Crippen LogP contribution >= 0.6 is 0 Å². The van der Waals surface area contributed by atoms with Crippen molar-refractivity contribution in [2.45, 2.75) is 20.4 Å². The van der Waals surface area contributed by atoms with Crippen LogP contribution in [0.3, 0.4) is 0 Å². The van der Waals surface area contributed by atoms with Crippen LogP contribution in [0.25, 0.3) is 0 Å². The van der Waals surface area contributed by atoms with Gasteiger partial charge in [-0.3, -0.25) is 0 Å². The van der Waals surface area contributed by atoms with Crippen LogP contribution in [0.4, 0.5) is 0 Å². The van der Waals surface area contributed by atoms with Gasteiger partial charge in [-0.25, -0.2) is 0 Å². The first-order chi connectivity index (χ1) is 10.7. The van der Waals surface area contributed by atoms with Crippen LogP contribution in [0.5, 0.6) is 17.2 Å². The molecule has 0 fully saturated rings. The van der Waals surface area contributed by atoms with Gasteiger partial charge in [0.25, 0.3) is 0 Å². The van der Waals surface area contributed by atoms with Crippen LogP contribution in [-0.2, 0) is 6.54 Å². The highest BCUT2D eigenvalue weighted by Crippen LogP contribution is 2.30. The summed E-state index contributed by atoms with van der Waals surface area (Å²) in [5.74, 6) is 2.26. The minimum atomic E-state index is 0.407. The molecule has 0 atom stereocenters. The Balaban J connectivity index is 1.94. The van der Waals surface area contributed by atoms with Crippen LogP contribution in [0.2, 0.25) is 0 Å². The molecule has 118 valence electrons. The summed E-state index contributed by atoms with van der Waals surface area (Å²) in [7, 11) is 1.62. The molecule has 0 aromatic heterocycles. The summed E-state index contributed by atoms with van der Waals surface area (Å²) in [6.07, 6.45) is 0. The number of benzene rings is 2. The maximum Gasteiger partial charge on any atom is 0.165 e. The Morgan fingerprint density at radius 3 is 2.41 bits per heavy atom. The van der Waals surface area contributed by atoms with E-state index in [0.717, 1.165) is 16.9 Å². The zero-order valence-corrected chi connectivity index (χ0v) is 13.4. The number of methoxy groups -OCH3 is 1. The van der Waals surface area contributed by atoms with Gasteiger partial charge in [0.1, 0.15) is 19.0 Å². The number of hydrogen-bond donors (Lipinski definition) is 1. The number of rotatable bonds is 7. The number of aryl methyl sites for hydroxylation is 2. The summed E-state index contributed by atoms with van der Waals surface area (Å²) >= 11 is 0. The van der Waals surface area contributed by atoms with Crippen molar-refractivity contribution in [2.75, 3.05) is 20.3 Å². The van der Waals surface area contributed by atoms with E-state index >= 15 is 0 Å². The fourth-order valence-electron chi connectivity index (χ4n) is 2.30. The van der Waals surface area contributed by atoms with Crippen molar-refractivity contribution in [1.82, 2.24) is 0 Å². The van der Waals surface area contributed by atoms with Crippen molar-refractivity contribution in [1.29, 1.82) is 0 Å². The molecule has 0 aliphatic carbocycles. The molecular weight excluding hydrogens is 278 g/mol. The second kappa shape index (κ2) is 7.71. The van der Waals surface area contributed by atoms with Crippen molar-refractivity contribution < 1.29 is 14.2 Å². The van der Waals surface area contributed by atoms with Crippen molar-refractivity contribution >= 4 is 0 Å². The molecule has 2 aromatic rings. The maximum atomic E-state index is 5.81. The van der Waals surface area contributed by atoms with Gasteiger partial charge in [0.2, 0.25) is 0 Å². The predicted molar refractivity (Wildman–Crippen MR) is 87.8 cm³/mol. The molecule has 22 heavy (non-hydrogen) atoms. The van der Waals surface area contributed by atoms with E-state index in [4.69, 9.17) is 19.9 Å². The van der Waals surface area contributed by atoms with E-state index in [0.29, 0.717) is 31.3 Å². The van der Waals surface area contributed by atoms with Crippen molar-refractivity contribution in [3.05, 3.63) is 53.1 Å². The lowest BCUT2D eigenvalue weighted by Gasteiger charge is -2.15. The number of para-hydroxylation sites is 1. The topological polar surface area (TPSA) is 53.7 Å². The van der Waals surface area contributed by atoms with Gasteiger partial charge in [0.15, 0.2) is 11.5 Å². The Labute approximate surface area is 131 Å². The van der Waals surface area contributed by atoms with Gasteiger partial charge in [-0.05, 0) is 31.5 Å². The Kier molecular flexibility index (Phi) is 5.67. The van der Waals surface area contributed by atoms with Crippen molar-refractivity contribution in [3.8, 4) is 17.2 Å². The van der Waals surface area contributed by atoms with E-state index in [1.807, 2.05) is 37.3 Å². The third kappa shape index (κ3) is 3.92. The van der Waals surface area contributed by atoms with Crippen LogP contribution in [0, 0.1) is 13.8 Å². The molecule has 2 aromatic carbocycles. The molecule has 4 nitrogen and oxygen atoms in total. The van der Waals surface area contributed by atoms with Crippen LogP contribution in [0.1, 0.15) is 16.7 Å². The average Bonchev–Trinajstić information content (AvgIpc) is 2.53. The van der Waals surface area contributed by atoms with Crippen LogP contribution < -0.4 is 19.9 Å². The van der Waals surface area contributed by atoms with Crippen molar-refractivity contribution in [3.63, 3.8) is 0 Å². The molecule has 0 bridgehead atoms. The first-order valence-corrected chi connectivity index (χ1v) is 7.34. The van der Waals surface area contributed by atoms with Gasteiger partial charge in [-0.1, -0.05) is 29.8 Å². The van der Waals surface area contributed by atoms with E-state index in [1.54, 1.807) is 7.11 Å². The monoisotopic (exact) mass is 301 g/mol. The van der Waals surface area contributed by atoms with Crippen LogP contribution in [-0.4, -0.2) is 20.3 Å². The second-order valence-electron chi connectivity index (χ2n) is 5.12. The molecule has 2 N–H and O–H groups in total. The van der Waals surface area contributed by atoms with Crippen molar-refractivity contribution in [2.24, 2.45) is 5.73 Å². The summed E-state index contributed by atoms with van der Waals surface area (Å²) in [6, 6.07) is 11.8. The van der Waals surface area contributed by atoms with Gasteiger partial charge in [-0.15, -0.1) is 0 Å². The molecule has 0 aliphatic rings. The Morgan fingerprint density at radius 1 is 0.955 bits per heavy atom. The molecule has 0 saturated heterocycles. The molecule has 0 heterocycles. The quantitative estimate of drug-likeness (QED) is 0.798. The number of hydrogen-bond acceptors (Lipinski definition) is 4. The highest BCUT2D eigenvalue weighted by molar-refractivity contribution is 5.46. The Morgan fingerprint density at radius 2 is 1.73 bits per heavy atom. The normalized spacial score (nSPS) is 10.4. The molecule has 0 saturated carbocycles. The van der Waals surface area contributed by atoms with E-state index in [-0.39, 0.29) is 0 Å². The highest BCUT2D eigenvalue weighted by Gasteiger charge is 2.09. The first-order valence-electron chi connectivity index (χ1n) is 7.34. The lowest BCUT2D eigenvalue weighted by atomic mass is 10.1. The van der Waals surface area contributed by atoms with E-state index in [9.17, 15) is 0 Å². The lowest BCUT2D eigenvalue weighted by Crippen LogP contribution is -2.12. The van der Waals surface area contributed by atoms with Crippen LogP contribution in [0.15, 0.2) is 36.4 Å². The zero-order valence-electron chi connectivity index (χ0n) is 13.4. The second-order valence-corrected chi connectivity index (χ2v) is 5.12. The molecule has 2 rings (SSSR count). The molecule has 0 spiro atoms. The van der Waals surface area contributed by atoms with Gasteiger partial charge >= 0.3 is 0 Å². The fraction of sp³-hybridized carbons (Fsp3) is 0.333. The SMILES string of the molecule is COc1cccc(CN)c1OCCOc1ccc(C)cc1C. The van der Waals surface area contributed by atoms with Gasteiger partial charge in [0.05, 0.1) is 7.11 Å². The van der Waals surface area contributed by atoms with E-state index < -0.39 is 0 Å². The molecule has 0 aliphatic heterocycles. The Bertz CT molecular complexity index is 603. The molecule has 0 unspecified atom stereocenters. The summed E-state index contributed by atoms with van der Waals surface area (Å²) in [6.45, 7) is 5.41. The number of ether oxygens (including phenoxy) is 3. The van der Waals surface area contributed by atoms with Gasteiger partial charge < -0.3 is 19.9 Å². The fourth-order valence-corrected chi connectivity index (χ4v) is 2.30. The largest absolute Gasteiger partial charge is 0.493 e. The Hall–Kier alpha value is -2.20. The molecule has 0 amide bonds. The first kappa shape index (κ1) is 16.2. The zero-order chi connectivity index (χ0) is 15.9. The standard InChI is InChI=1S/C18H23NO3/c1-13-7-8-16(14(2)11-13)21-9-10-22-18-15(12-19)5-4-6-17(18)20-3/h4-8,11H,9-10,12,19H2,1-3H3. The van der Waals surface area contributed by atoms with Gasteiger partial charge in [-0.2, -0.15) is 0 Å². The minimum Gasteiger partial charge on any atom is -0.493 e. The summed E-state index contributed by atoms with van der Waals surface area (Å²) in [5, 5.41) is 0. The minimum absolute atomic E-state index is 0.407. The van der Waals surface area contributed by atoms with E-state index in [2.05, 4.69) is 13.0 Å². The third-order valence-electron chi connectivity index (χ3n) is 3.42. The van der Waals surface area contributed by atoms with Gasteiger partial charge in [0, 0.05) is 12.1 Å². The predicted octanol–water partition coefficient (Wildman–Crippen LogP) is 3.23. The average molecular weight is 301 g/mol.